The molecule has 2 aromatic rings. The van der Waals surface area contributed by atoms with Gasteiger partial charge >= 0.3 is 0 Å². The van der Waals surface area contributed by atoms with Crippen molar-refractivity contribution in [2.45, 2.75) is 13.3 Å². The summed E-state index contributed by atoms with van der Waals surface area (Å²) in [5, 5.41) is 6.02. The van der Waals surface area contributed by atoms with Crippen molar-refractivity contribution in [2.75, 3.05) is 17.7 Å². The van der Waals surface area contributed by atoms with Crippen LogP contribution in [-0.2, 0) is 6.42 Å². The van der Waals surface area contributed by atoms with Crippen LogP contribution in [0.1, 0.15) is 23.0 Å². The molecule has 2 rings (SSSR count). The lowest BCUT2D eigenvalue weighted by molar-refractivity contribution is 0.0994. The molecule has 7 heteroatoms. The van der Waals surface area contributed by atoms with Gasteiger partial charge in [0.2, 0.25) is 5.95 Å². The van der Waals surface area contributed by atoms with Gasteiger partial charge in [-0.15, -0.1) is 0 Å². The quantitative estimate of drug-likeness (QED) is 0.758. The third-order valence-electron chi connectivity index (χ3n) is 2.80. The monoisotopic (exact) mass is 272 g/mol. The topological polar surface area (TPSA) is 106 Å². The summed E-state index contributed by atoms with van der Waals surface area (Å²) in [6.45, 7) is 1.93. The SMILES string of the molecule is CCc1c(Nc2nccc(NC)n2)ccnc1C(N)=O. The van der Waals surface area contributed by atoms with Crippen LogP contribution in [0, 0.1) is 0 Å². The number of amides is 1. The minimum absolute atomic E-state index is 0.266. The van der Waals surface area contributed by atoms with Crippen molar-refractivity contribution in [1.29, 1.82) is 0 Å². The highest BCUT2D eigenvalue weighted by Gasteiger charge is 2.13. The maximum absolute atomic E-state index is 11.4. The zero-order valence-corrected chi connectivity index (χ0v) is 11.3. The van der Waals surface area contributed by atoms with E-state index in [1.807, 2.05) is 6.92 Å². The van der Waals surface area contributed by atoms with Crippen molar-refractivity contribution in [3.8, 4) is 0 Å². The van der Waals surface area contributed by atoms with Crippen LogP contribution in [0.2, 0.25) is 0 Å². The lowest BCUT2D eigenvalue weighted by atomic mass is 10.1. The summed E-state index contributed by atoms with van der Waals surface area (Å²) in [6, 6.07) is 3.52. The molecule has 0 unspecified atom stereocenters. The molecular weight excluding hydrogens is 256 g/mol. The molecule has 1 amide bonds. The summed E-state index contributed by atoms with van der Waals surface area (Å²) in [5.41, 5.74) is 7.07. The second kappa shape index (κ2) is 5.96. The first-order valence-corrected chi connectivity index (χ1v) is 6.21. The summed E-state index contributed by atoms with van der Waals surface area (Å²) in [4.78, 5) is 23.8. The Balaban J connectivity index is 2.37. The van der Waals surface area contributed by atoms with Crippen LogP contribution in [0.5, 0.6) is 0 Å². The first-order chi connectivity index (χ1) is 9.65. The maximum atomic E-state index is 11.4. The molecule has 0 fully saturated rings. The van der Waals surface area contributed by atoms with Crippen molar-refractivity contribution in [3.63, 3.8) is 0 Å². The molecule has 7 nitrogen and oxygen atoms in total. The predicted octanol–water partition coefficient (Wildman–Crippen LogP) is 1.32. The van der Waals surface area contributed by atoms with Gasteiger partial charge in [-0.3, -0.25) is 9.78 Å². The second-order valence-electron chi connectivity index (χ2n) is 4.04. The lowest BCUT2D eigenvalue weighted by Gasteiger charge is -2.12. The zero-order valence-electron chi connectivity index (χ0n) is 11.3. The van der Waals surface area contributed by atoms with E-state index in [-0.39, 0.29) is 5.69 Å². The molecule has 0 atom stereocenters. The van der Waals surface area contributed by atoms with E-state index in [2.05, 4.69) is 25.6 Å². The molecule has 4 N–H and O–H groups in total. The molecule has 0 saturated carbocycles. The van der Waals surface area contributed by atoms with Gasteiger partial charge in [-0.2, -0.15) is 4.98 Å². The molecule has 0 saturated heterocycles. The van der Waals surface area contributed by atoms with E-state index in [9.17, 15) is 4.79 Å². The van der Waals surface area contributed by atoms with Gasteiger partial charge in [-0.1, -0.05) is 6.92 Å². The Kier molecular flexibility index (Phi) is 4.09. The minimum Gasteiger partial charge on any atom is -0.373 e. The molecule has 0 bridgehead atoms. The van der Waals surface area contributed by atoms with Gasteiger partial charge in [0.05, 0.1) is 0 Å². The predicted molar refractivity (Wildman–Crippen MR) is 77.0 cm³/mol. The average Bonchev–Trinajstić information content (AvgIpc) is 2.47. The molecule has 0 radical (unpaired) electrons. The Labute approximate surface area is 116 Å². The molecule has 20 heavy (non-hydrogen) atoms. The Morgan fingerprint density at radius 3 is 2.70 bits per heavy atom. The van der Waals surface area contributed by atoms with E-state index < -0.39 is 5.91 Å². The van der Waals surface area contributed by atoms with Gasteiger partial charge < -0.3 is 16.4 Å². The smallest absolute Gasteiger partial charge is 0.267 e. The molecule has 0 spiro atoms. The van der Waals surface area contributed by atoms with Gasteiger partial charge in [-0.25, -0.2) is 4.98 Å². The molecule has 0 aromatic carbocycles. The molecule has 104 valence electrons. The highest BCUT2D eigenvalue weighted by molar-refractivity contribution is 5.94. The number of anilines is 3. The molecule has 0 aliphatic carbocycles. The van der Waals surface area contributed by atoms with Crippen LogP contribution in [-0.4, -0.2) is 27.9 Å². The van der Waals surface area contributed by atoms with E-state index in [1.54, 1.807) is 25.4 Å². The van der Waals surface area contributed by atoms with Gasteiger partial charge in [0.15, 0.2) is 0 Å². The van der Waals surface area contributed by atoms with Gasteiger partial charge in [0.25, 0.3) is 5.91 Å². The largest absolute Gasteiger partial charge is 0.373 e. The van der Waals surface area contributed by atoms with Crippen LogP contribution in [0.25, 0.3) is 0 Å². The highest BCUT2D eigenvalue weighted by Crippen LogP contribution is 2.21. The standard InChI is InChI=1S/C13H16N6O/c1-3-8-9(4-6-16-11(8)12(14)20)18-13-17-7-5-10(15-2)19-13/h4-7H,3H2,1-2H3,(H2,14,20)(H2,15,16,17,18,19). The number of rotatable bonds is 5. The Morgan fingerprint density at radius 1 is 1.30 bits per heavy atom. The van der Waals surface area contributed by atoms with Crippen molar-refractivity contribution in [3.05, 3.63) is 35.8 Å². The molecular formula is C13H16N6O. The molecule has 2 heterocycles. The van der Waals surface area contributed by atoms with E-state index in [4.69, 9.17) is 5.73 Å². The first kappa shape index (κ1) is 13.7. The van der Waals surface area contributed by atoms with Crippen LogP contribution >= 0.6 is 0 Å². The number of pyridine rings is 1. The summed E-state index contributed by atoms with van der Waals surface area (Å²) in [5.74, 6) is 0.591. The van der Waals surface area contributed by atoms with E-state index >= 15 is 0 Å². The van der Waals surface area contributed by atoms with Gasteiger partial charge in [0, 0.05) is 30.7 Å². The number of carbonyl (C=O) groups excluding carboxylic acids is 1. The van der Waals surface area contributed by atoms with E-state index in [0.29, 0.717) is 18.2 Å². The zero-order chi connectivity index (χ0) is 14.5. The van der Waals surface area contributed by atoms with Crippen LogP contribution in [0.4, 0.5) is 17.5 Å². The number of nitrogens with zero attached hydrogens (tertiary/aromatic N) is 3. The van der Waals surface area contributed by atoms with E-state index in [0.717, 1.165) is 11.3 Å². The average molecular weight is 272 g/mol. The van der Waals surface area contributed by atoms with Crippen LogP contribution in [0.3, 0.4) is 0 Å². The fourth-order valence-electron chi connectivity index (χ4n) is 1.86. The summed E-state index contributed by atoms with van der Waals surface area (Å²) < 4.78 is 0. The van der Waals surface area contributed by atoms with E-state index in [1.165, 1.54) is 6.20 Å². The summed E-state index contributed by atoms with van der Waals surface area (Å²) in [6.07, 6.45) is 3.80. The highest BCUT2D eigenvalue weighted by atomic mass is 16.1. The van der Waals surface area contributed by atoms with Crippen LogP contribution < -0.4 is 16.4 Å². The van der Waals surface area contributed by atoms with Crippen molar-refractivity contribution >= 4 is 23.4 Å². The fourth-order valence-corrected chi connectivity index (χ4v) is 1.86. The van der Waals surface area contributed by atoms with Crippen molar-refractivity contribution < 1.29 is 4.79 Å². The van der Waals surface area contributed by atoms with Gasteiger partial charge in [-0.05, 0) is 18.6 Å². The lowest BCUT2D eigenvalue weighted by Crippen LogP contribution is -2.17. The first-order valence-electron chi connectivity index (χ1n) is 6.21. The number of carbonyl (C=O) groups is 1. The normalized spacial score (nSPS) is 10.1. The molecule has 2 aromatic heterocycles. The fraction of sp³-hybridized carbons (Fsp3) is 0.231. The number of nitrogens with one attached hydrogen (secondary N) is 2. The maximum Gasteiger partial charge on any atom is 0.267 e. The number of nitrogens with two attached hydrogens (primary N) is 1. The van der Waals surface area contributed by atoms with Crippen LogP contribution in [0.15, 0.2) is 24.5 Å². The van der Waals surface area contributed by atoms with Gasteiger partial charge in [0.1, 0.15) is 11.5 Å². The number of aromatic nitrogens is 3. The number of primary amides is 1. The van der Waals surface area contributed by atoms with Crippen molar-refractivity contribution in [1.82, 2.24) is 15.0 Å². The Bertz CT molecular complexity index is 628. The second-order valence-corrected chi connectivity index (χ2v) is 4.04. The minimum atomic E-state index is -0.546. The number of hydrogen-bond donors (Lipinski definition) is 3. The Morgan fingerprint density at radius 2 is 2.05 bits per heavy atom. The summed E-state index contributed by atoms with van der Waals surface area (Å²) in [7, 11) is 1.78. The third-order valence-corrected chi connectivity index (χ3v) is 2.80. The number of hydrogen-bond acceptors (Lipinski definition) is 6. The molecule has 0 aliphatic heterocycles. The third kappa shape index (κ3) is 2.82. The Hall–Kier alpha value is -2.70. The molecule has 0 aliphatic rings. The summed E-state index contributed by atoms with van der Waals surface area (Å²) >= 11 is 0. The van der Waals surface area contributed by atoms with Crippen molar-refractivity contribution in [2.24, 2.45) is 5.73 Å².